The first-order chi connectivity index (χ1) is 17.1. The number of urea groups is 1. The van der Waals surface area contributed by atoms with Crippen molar-refractivity contribution in [2.24, 2.45) is 0 Å². The molecule has 0 saturated heterocycles. The Hall–Kier alpha value is -4.18. The van der Waals surface area contributed by atoms with Crippen LogP contribution in [0.5, 0.6) is 0 Å². The van der Waals surface area contributed by atoms with Crippen molar-refractivity contribution in [2.75, 3.05) is 10.6 Å². The molecule has 6 nitrogen and oxygen atoms in total. The molecule has 2 amide bonds. The Kier molecular flexibility index (Phi) is 7.07. The number of nitrogens with zero attached hydrogens (tertiary/aromatic N) is 1. The molecule has 0 spiro atoms. The van der Waals surface area contributed by atoms with Crippen LogP contribution in [0.25, 0.3) is 11.1 Å². The van der Waals surface area contributed by atoms with E-state index in [0.717, 1.165) is 12.1 Å². The number of aromatic nitrogens is 1. The first kappa shape index (κ1) is 24.9. The summed E-state index contributed by atoms with van der Waals surface area (Å²) in [7, 11) is -3.76. The Bertz CT molecular complexity index is 1480. The minimum Gasteiger partial charge on any atom is -0.308 e. The highest BCUT2D eigenvalue weighted by molar-refractivity contribution is 7.90. The molecule has 0 aliphatic heterocycles. The van der Waals surface area contributed by atoms with Gasteiger partial charge in [0.15, 0.2) is 9.84 Å². The van der Waals surface area contributed by atoms with Crippen molar-refractivity contribution in [2.45, 2.75) is 16.8 Å². The van der Waals surface area contributed by atoms with Gasteiger partial charge >= 0.3 is 12.2 Å². The number of pyridine rings is 1. The molecular weight excluding hydrogens is 491 g/mol. The maximum Gasteiger partial charge on any atom is 0.416 e. The molecule has 2 N–H and O–H groups in total. The number of alkyl halides is 3. The van der Waals surface area contributed by atoms with Gasteiger partial charge in [-0.25, -0.2) is 13.2 Å². The zero-order valence-corrected chi connectivity index (χ0v) is 19.5. The highest BCUT2D eigenvalue weighted by atomic mass is 32.2. The van der Waals surface area contributed by atoms with E-state index in [4.69, 9.17) is 0 Å². The van der Waals surface area contributed by atoms with E-state index in [1.807, 2.05) is 0 Å². The summed E-state index contributed by atoms with van der Waals surface area (Å²) in [5.74, 6) is -0.240. The lowest BCUT2D eigenvalue weighted by molar-refractivity contribution is -0.137. The van der Waals surface area contributed by atoms with Gasteiger partial charge in [0.05, 0.1) is 21.9 Å². The Morgan fingerprint density at radius 2 is 1.64 bits per heavy atom. The second-order valence-electron chi connectivity index (χ2n) is 7.85. The van der Waals surface area contributed by atoms with Crippen LogP contribution >= 0.6 is 0 Å². The van der Waals surface area contributed by atoms with Crippen molar-refractivity contribution in [3.8, 4) is 11.1 Å². The van der Waals surface area contributed by atoms with Crippen LogP contribution in [0.15, 0.2) is 102 Å². The fourth-order valence-corrected chi connectivity index (χ4v) is 4.90. The molecule has 4 aromatic rings. The van der Waals surface area contributed by atoms with Gasteiger partial charge in [-0.15, -0.1) is 0 Å². The number of hydrogen-bond acceptors (Lipinski definition) is 4. The summed E-state index contributed by atoms with van der Waals surface area (Å²) < 4.78 is 65.2. The van der Waals surface area contributed by atoms with E-state index in [1.54, 1.807) is 60.9 Å². The Morgan fingerprint density at radius 3 is 2.33 bits per heavy atom. The van der Waals surface area contributed by atoms with Gasteiger partial charge in [-0.2, -0.15) is 13.2 Å². The molecule has 36 heavy (non-hydrogen) atoms. The minimum absolute atomic E-state index is 0.0200. The van der Waals surface area contributed by atoms with E-state index in [-0.39, 0.29) is 22.0 Å². The molecule has 0 bridgehead atoms. The molecule has 0 atom stereocenters. The van der Waals surface area contributed by atoms with Crippen LogP contribution in [0.1, 0.15) is 11.1 Å². The summed E-state index contributed by atoms with van der Waals surface area (Å²) in [4.78, 5) is 16.7. The maximum absolute atomic E-state index is 13.1. The maximum atomic E-state index is 13.1. The van der Waals surface area contributed by atoms with E-state index in [0.29, 0.717) is 16.7 Å². The van der Waals surface area contributed by atoms with Crippen molar-refractivity contribution in [1.29, 1.82) is 0 Å². The highest BCUT2D eigenvalue weighted by Crippen LogP contribution is 2.32. The zero-order chi connectivity index (χ0) is 25.8. The molecular formula is C26H20F3N3O3S. The van der Waals surface area contributed by atoms with Gasteiger partial charge in [-0.1, -0.05) is 48.5 Å². The van der Waals surface area contributed by atoms with E-state index < -0.39 is 27.6 Å². The van der Waals surface area contributed by atoms with Gasteiger partial charge in [0.25, 0.3) is 0 Å². The Labute approximate surface area is 205 Å². The van der Waals surface area contributed by atoms with Crippen molar-refractivity contribution in [1.82, 2.24) is 4.98 Å². The van der Waals surface area contributed by atoms with E-state index in [1.165, 1.54) is 24.3 Å². The van der Waals surface area contributed by atoms with Gasteiger partial charge in [0.2, 0.25) is 0 Å². The monoisotopic (exact) mass is 511 g/mol. The zero-order valence-electron chi connectivity index (χ0n) is 18.7. The fraction of sp³-hybridized carbons (Fsp3) is 0.0769. The quantitative estimate of drug-likeness (QED) is 0.314. The molecule has 0 fully saturated rings. The summed E-state index contributed by atoms with van der Waals surface area (Å²) >= 11 is 0. The minimum atomic E-state index is -4.57. The lowest BCUT2D eigenvalue weighted by Gasteiger charge is -2.15. The average molecular weight is 512 g/mol. The molecule has 1 heterocycles. The molecule has 4 rings (SSSR count). The average Bonchev–Trinajstić information content (AvgIpc) is 2.84. The SMILES string of the molecule is O=C(Nc1cccc(C(F)(F)F)c1)Nc1cc(S(=O)(=O)Cc2ccccc2)ccc1-c1cccnc1. The van der Waals surface area contributed by atoms with E-state index >= 15 is 0 Å². The Balaban J connectivity index is 1.65. The van der Waals surface area contributed by atoms with Gasteiger partial charge in [-0.05, 0) is 42.0 Å². The van der Waals surface area contributed by atoms with Crippen LogP contribution in [0, 0.1) is 0 Å². The number of benzene rings is 3. The molecule has 0 saturated carbocycles. The van der Waals surface area contributed by atoms with Crippen LogP contribution in [0.2, 0.25) is 0 Å². The number of rotatable bonds is 6. The number of hydrogen-bond donors (Lipinski definition) is 2. The lowest BCUT2D eigenvalue weighted by atomic mass is 10.1. The van der Waals surface area contributed by atoms with Gasteiger partial charge < -0.3 is 10.6 Å². The third-order valence-corrected chi connectivity index (χ3v) is 6.90. The van der Waals surface area contributed by atoms with Gasteiger partial charge in [0.1, 0.15) is 0 Å². The van der Waals surface area contributed by atoms with Gasteiger partial charge in [-0.3, -0.25) is 4.98 Å². The number of amides is 2. The first-order valence-corrected chi connectivity index (χ1v) is 12.3. The summed E-state index contributed by atoms with van der Waals surface area (Å²) in [6.07, 6.45) is -1.46. The van der Waals surface area contributed by atoms with Crippen molar-refractivity contribution < 1.29 is 26.4 Å². The fourth-order valence-electron chi connectivity index (χ4n) is 3.53. The molecule has 10 heteroatoms. The predicted octanol–water partition coefficient (Wildman–Crippen LogP) is 6.39. The van der Waals surface area contributed by atoms with E-state index in [2.05, 4.69) is 15.6 Å². The topological polar surface area (TPSA) is 88.2 Å². The predicted molar refractivity (Wildman–Crippen MR) is 131 cm³/mol. The Morgan fingerprint density at radius 1 is 0.861 bits per heavy atom. The van der Waals surface area contributed by atoms with E-state index in [9.17, 15) is 26.4 Å². The first-order valence-electron chi connectivity index (χ1n) is 10.7. The molecule has 184 valence electrons. The standard InChI is InChI=1S/C26H20F3N3O3S/c27-26(28,29)20-9-4-10-21(14-20)31-25(33)32-24-15-22(11-12-23(24)19-8-5-13-30-16-19)36(34,35)17-18-6-2-1-3-7-18/h1-16H,17H2,(H2,31,32,33). The van der Waals surface area contributed by atoms with Crippen LogP contribution in [-0.4, -0.2) is 19.4 Å². The molecule has 0 aliphatic rings. The highest BCUT2D eigenvalue weighted by Gasteiger charge is 2.30. The second kappa shape index (κ2) is 10.2. The number of carbonyl (C=O) groups is 1. The van der Waals surface area contributed by atoms with Crippen LogP contribution < -0.4 is 10.6 Å². The third-order valence-electron chi connectivity index (χ3n) is 5.22. The lowest BCUT2D eigenvalue weighted by Crippen LogP contribution is -2.20. The summed E-state index contributed by atoms with van der Waals surface area (Å²) in [5, 5.41) is 4.93. The number of anilines is 2. The molecule has 0 unspecified atom stereocenters. The smallest absolute Gasteiger partial charge is 0.308 e. The normalized spacial score (nSPS) is 11.6. The van der Waals surface area contributed by atoms with Crippen molar-refractivity contribution in [3.05, 3.63) is 108 Å². The van der Waals surface area contributed by atoms with Crippen LogP contribution in [0.3, 0.4) is 0 Å². The number of carbonyl (C=O) groups excluding carboxylic acids is 1. The molecule has 0 radical (unpaired) electrons. The number of sulfone groups is 1. The summed E-state index contributed by atoms with van der Waals surface area (Å²) in [5.41, 5.74) is 0.871. The second-order valence-corrected chi connectivity index (χ2v) is 9.84. The van der Waals surface area contributed by atoms with Crippen molar-refractivity contribution >= 4 is 27.2 Å². The van der Waals surface area contributed by atoms with Crippen molar-refractivity contribution in [3.63, 3.8) is 0 Å². The number of halogens is 3. The molecule has 0 aliphatic carbocycles. The molecule has 3 aromatic carbocycles. The third kappa shape index (κ3) is 6.08. The van der Waals surface area contributed by atoms with Crippen LogP contribution in [-0.2, 0) is 21.8 Å². The summed E-state index contributed by atoms with van der Waals surface area (Å²) in [6.45, 7) is 0. The van der Waals surface area contributed by atoms with Crippen LogP contribution in [0.4, 0.5) is 29.3 Å². The van der Waals surface area contributed by atoms with Gasteiger partial charge in [0, 0.05) is 29.2 Å². The summed E-state index contributed by atoms with van der Waals surface area (Å²) in [6, 6.07) is 19.7. The molecule has 1 aromatic heterocycles. The largest absolute Gasteiger partial charge is 0.416 e. The number of nitrogens with one attached hydrogen (secondary N) is 2.